The highest BCUT2D eigenvalue weighted by atomic mass is 35.5. The lowest BCUT2D eigenvalue weighted by molar-refractivity contribution is 0.106. The minimum Gasteiger partial charge on any atom is -0.491 e. The molecule has 0 saturated carbocycles. The summed E-state index contributed by atoms with van der Waals surface area (Å²) in [6, 6.07) is 21.7. The van der Waals surface area contributed by atoms with Crippen molar-refractivity contribution in [1.82, 2.24) is 5.32 Å². The van der Waals surface area contributed by atoms with Crippen LogP contribution >= 0.6 is 11.6 Å². The molecule has 3 rings (SSSR count). The van der Waals surface area contributed by atoms with Crippen LogP contribution in [-0.2, 0) is 6.54 Å². The third-order valence-electron chi connectivity index (χ3n) is 3.82. The van der Waals surface area contributed by atoms with Crippen molar-refractivity contribution in [3.05, 3.63) is 77.3 Å². The molecule has 3 aromatic carbocycles. The molecule has 0 radical (unpaired) electrons. The van der Waals surface area contributed by atoms with Gasteiger partial charge >= 0.3 is 0 Å². The normalized spacial score (nSPS) is 12.2. The summed E-state index contributed by atoms with van der Waals surface area (Å²) in [6.45, 7) is 1.30. The lowest BCUT2D eigenvalue weighted by Gasteiger charge is -2.14. The third-order valence-corrected chi connectivity index (χ3v) is 4.19. The molecule has 24 heavy (non-hydrogen) atoms. The van der Waals surface area contributed by atoms with Gasteiger partial charge in [0.15, 0.2) is 0 Å². The number of nitrogens with one attached hydrogen (secondary N) is 1. The summed E-state index contributed by atoms with van der Waals surface area (Å²) in [5, 5.41) is 16.3. The SMILES string of the molecule is OC(CNCc1ccccc1Cl)COc1ccc2ccccc2c1. The Labute approximate surface area is 146 Å². The van der Waals surface area contributed by atoms with E-state index in [-0.39, 0.29) is 6.61 Å². The zero-order valence-electron chi connectivity index (χ0n) is 13.3. The Kier molecular flexibility index (Phi) is 5.70. The van der Waals surface area contributed by atoms with Gasteiger partial charge in [0.05, 0.1) is 0 Å². The van der Waals surface area contributed by atoms with Gasteiger partial charge in [-0.15, -0.1) is 0 Å². The Hall–Kier alpha value is -2.07. The predicted octanol–water partition coefficient (Wildman–Crippen LogP) is 4.02. The van der Waals surface area contributed by atoms with E-state index < -0.39 is 6.10 Å². The van der Waals surface area contributed by atoms with Crippen LogP contribution in [0.15, 0.2) is 66.7 Å². The summed E-state index contributed by atoms with van der Waals surface area (Å²) in [7, 11) is 0. The quantitative estimate of drug-likeness (QED) is 0.682. The highest BCUT2D eigenvalue weighted by molar-refractivity contribution is 6.31. The lowest BCUT2D eigenvalue weighted by Crippen LogP contribution is -2.31. The summed E-state index contributed by atoms with van der Waals surface area (Å²) in [4.78, 5) is 0. The van der Waals surface area contributed by atoms with E-state index in [1.807, 2.05) is 60.7 Å². The van der Waals surface area contributed by atoms with E-state index in [1.165, 1.54) is 5.39 Å². The number of benzene rings is 3. The van der Waals surface area contributed by atoms with Gasteiger partial charge in [-0.1, -0.05) is 60.1 Å². The molecule has 0 heterocycles. The standard InChI is InChI=1S/C20H20ClNO2/c21-20-8-4-3-7-17(20)12-22-13-18(23)14-24-19-10-9-15-5-1-2-6-16(15)11-19/h1-11,18,22-23H,12-14H2. The fourth-order valence-electron chi connectivity index (χ4n) is 2.52. The zero-order valence-corrected chi connectivity index (χ0v) is 14.0. The maximum absolute atomic E-state index is 10.1. The molecule has 0 aliphatic heterocycles. The first-order valence-electron chi connectivity index (χ1n) is 7.96. The number of aliphatic hydroxyl groups excluding tert-OH is 1. The molecule has 0 aromatic heterocycles. The molecule has 2 N–H and O–H groups in total. The molecule has 0 spiro atoms. The molecule has 0 aliphatic rings. The van der Waals surface area contributed by atoms with E-state index in [1.54, 1.807) is 0 Å². The van der Waals surface area contributed by atoms with Gasteiger partial charge in [-0.25, -0.2) is 0 Å². The van der Waals surface area contributed by atoms with E-state index in [9.17, 15) is 5.11 Å². The van der Waals surface area contributed by atoms with Crippen molar-refractivity contribution >= 4 is 22.4 Å². The molecule has 3 aromatic rings. The minimum atomic E-state index is -0.584. The Balaban J connectivity index is 1.46. The maximum Gasteiger partial charge on any atom is 0.120 e. The number of hydrogen-bond donors (Lipinski definition) is 2. The number of aliphatic hydroxyl groups is 1. The van der Waals surface area contributed by atoms with Crippen molar-refractivity contribution in [1.29, 1.82) is 0 Å². The van der Waals surface area contributed by atoms with Crippen LogP contribution in [-0.4, -0.2) is 24.4 Å². The second kappa shape index (κ2) is 8.15. The lowest BCUT2D eigenvalue weighted by atomic mass is 10.1. The van der Waals surface area contributed by atoms with Gasteiger partial charge in [0.25, 0.3) is 0 Å². The van der Waals surface area contributed by atoms with Crippen LogP contribution < -0.4 is 10.1 Å². The zero-order chi connectivity index (χ0) is 16.8. The van der Waals surface area contributed by atoms with E-state index in [0.717, 1.165) is 21.7 Å². The van der Waals surface area contributed by atoms with Gasteiger partial charge in [-0.3, -0.25) is 0 Å². The van der Waals surface area contributed by atoms with Crippen molar-refractivity contribution in [3.8, 4) is 5.75 Å². The minimum absolute atomic E-state index is 0.244. The van der Waals surface area contributed by atoms with Crippen LogP contribution in [0.4, 0.5) is 0 Å². The number of rotatable bonds is 7. The van der Waals surface area contributed by atoms with Gasteiger partial charge in [0.2, 0.25) is 0 Å². The van der Waals surface area contributed by atoms with Crippen molar-refractivity contribution in [2.75, 3.05) is 13.2 Å². The largest absolute Gasteiger partial charge is 0.491 e. The smallest absolute Gasteiger partial charge is 0.120 e. The summed E-state index contributed by atoms with van der Waals surface area (Å²) in [6.07, 6.45) is -0.584. The molecule has 0 saturated heterocycles. The molecule has 4 heteroatoms. The molecule has 0 amide bonds. The number of ether oxygens (including phenoxy) is 1. The van der Waals surface area contributed by atoms with Crippen molar-refractivity contribution in [2.45, 2.75) is 12.6 Å². The van der Waals surface area contributed by atoms with E-state index in [4.69, 9.17) is 16.3 Å². The predicted molar refractivity (Wildman–Crippen MR) is 98.6 cm³/mol. The topological polar surface area (TPSA) is 41.5 Å². The molecular formula is C20H20ClNO2. The monoisotopic (exact) mass is 341 g/mol. The number of hydrogen-bond acceptors (Lipinski definition) is 3. The molecular weight excluding hydrogens is 322 g/mol. The average molecular weight is 342 g/mol. The summed E-state index contributed by atoms with van der Waals surface area (Å²) >= 11 is 6.10. The molecule has 1 atom stereocenters. The fraction of sp³-hybridized carbons (Fsp3) is 0.200. The van der Waals surface area contributed by atoms with E-state index in [0.29, 0.717) is 13.1 Å². The molecule has 1 unspecified atom stereocenters. The maximum atomic E-state index is 10.1. The Bertz CT molecular complexity index is 806. The molecule has 3 nitrogen and oxygen atoms in total. The Morgan fingerprint density at radius 1 is 0.958 bits per heavy atom. The van der Waals surface area contributed by atoms with E-state index >= 15 is 0 Å². The van der Waals surface area contributed by atoms with Gasteiger partial charge in [0, 0.05) is 18.1 Å². The van der Waals surface area contributed by atoms with Gasteiger partial charge in [0.1, 0.15) is 18.5 Å². The summed E-state index contributed by atoms with van der Waals surface area (Å²) < 4.78 is 5.69. The van der Waals surface area contributed by atoms with Crippen LogP contribution in [0, 0.1) is 0 Å². The molecule has 124 valence electrons. The highest BCUT2D eigenvalue weighted by Gasteiger charge is 2.06. The molecule has 0 fully saturated rings. The second-order valence-electron chi connectivity index (χ2n) is 5.70. The first-order valence-corrected chi connectivity index (χ1v) is 8.34. The van der Waals surface area contributed by atoms with Gasteiger partial charge < -0.3 is 15.2 Å². The first-order chi connectivity index (χ1) is 11.7. The van der Waals surface area contributed by atoms with Crippen LogP contribution in [0.2, 0.25) is 5.02 Å². The molecule has 0 bridgehead atoms. The van der Waals surface area contributed by atoms with Crippen LogP contribution in [0.5, 0.6) is 5.75 Å². The molecule has 0 aliphatic carbocycles. The third kappa shape index (κ3) is 4.48. The fourth-order valence-corrected chi connectivity index (χ4v) is 2.73. The van der Waals surface area contributed by atoms with Gasteiger partial charge in [-0.05, 0) is 34.5 Å². The van der Waals surface area contributed by atoms with Crippen LogP contribution in [0.3, 0.4) is 0 Å². The number of halogens is 1. The average Bonchev–Trinajstić information content (AvgIpc) is 2.61. The highest BCUT2D eigenvalue weighted by Crippen LogP contribution is 2.20. The van der Waals surface area contributed by atoms with Gasteiger partial charge in [-0.2, -0.15) is 0 Å². The van der Waals surface area contributed by atoms with Crippen molar-refractivity contribution < 1.29 is 9.84 Å². The Morgan fingerprint density at radius 3 is 2.54 bits per heavy atom. The number of fused-ring (bicyclic) bond motifs is 1. The first kappa shape index (κ1) is 16.8. The second-order valence-corrected chi connectivity index (χ2v) is 6.10. The summed E-state index contributed by atoms with van der Waals surface area (Å²) in [5.41, 5.74) is 1.02. The van der Waals surface area contributed by atoms with E-state index in [2.05, 4.69) is 11.4 Å². The Morgan fingerprint density at radius 2 is 1.71 bits per heavy atom. The van der Waals surface area contributed by atoms with Crippen LogP contribution in [0.25, 0.3) is 10.8 Å². The summed E-state index contributed by atoms with van der Waals surface area (Å²) in [5.74, 6) is 0.763. The van der Waals surface area contributed by atoms with Crippen molar-refractivity contribution in [3.63, 3.8) is 0 Å². The van der Waals surface area contributed by atoms with Crippen LogP contribution in [0.1, 0.15) is 5.56 Å². The van der Waals surface area contributed by atoms with Crippen molar-refractivity contribution in [2.24, 2.45) is 0 Å².